The third-order valence-electron chi connectivity index (χ3n) is 4.63. The van der Waals surface area contributed by atoms with Gasteiger partial charge in [-0.1, -0.05) is 30.3 Å². The number of nitrogens with zero attached hydrogens (tertiary/aromatic N) is 3. The summed E-state index contributed by atoms with van der Waals surface area (Å²) < 4.78 is 0. The summed E-state index contributed by atoms with van der Waals surface area (Å²) in [5, 5.41) is 2.74. The summed E-state index contributed by atoms with van der Waals surface area (Å²) in [5.74, 6) is -0.521. The zero-order valence-electron chi connectivity index (χ0n) is 16.3. The van der Waals surface area contributed by atoms with Crippen molar-refractivity contribution in [2.24, 2.45) is 15.7 Å². The third kappa shape index (κ3) is 4.76. The van der Waals surface area contributed by atoms with Gasteiger partial charge in [-0.15, -0.1) is 0 Å². The van der Waals surface area contributed by atoms with E-state index in [1.807, 2.05) is 18.2 Å². The molecule has 1 fully saturated rings. The minimum Gasteiger partial charge on any atom is -0.382 e. The Bertz CT molecular complexity index is 974. The van der Waals surface area contributed by atoms with Gasteiger partial charge in [0.2, 0.25) is 0 Å². The first kappa shape index (κ1) is 20.0. The number of carbonyl (C=O) groups excluding carboxylic acids is 2. The van der Waals surface area contributed by atoms with Crippen molar-refractivity contribution in [3.8, 4) is 0 Å². The van der Waals surface area contributed by atoms with E-state index < -0.39 is 5.91 Å². The van der Waals surface area contributed by atoms with Gasteiger partial charge < -0.3 is 16.0 Å². The maximum absolute atomic E-state index is 12.6. The summed E-state index contributed by atoms with van der Waals surface area (Å²) in [4.78, 5) is 34.8. The first-order valence-corrected chi connectivity index (χ1v) is 9.27. The lowest BCUT2D eigenvalue weighted by molar-refractivity contribution is -0.112. The molecular formula is C22H23N5O2. The molecule has 0 unspecified atom stereocenters. The zero-order valence-corrected chi connectivity index (χ0v) is 16.3. The Kier molecular flexibility index (Phi) is 6.19. The van der Waals surface area contributed by atoms with Crippen LogP contribution in [0.15, 0.2) is 76.1 Å². The van der Waals surface area contributed by atoms with Crippen molar-refractivity contribution in [3.63, 3.8) is 0 Å². The van der Waals surface area contributed by atoms with E-state index >= 15 is 0 Å². The maximum Gasteiger partial charge on any atom is 0.278 e. The number of anilines is 1. The van der Waals surface area contributed by atoms with Crippen LogP contribution >= 0.6 is 0 Å². The van der Waals surface area contributed by atoms with Crippen LogP contribution in [0.3, 0.4) is 0 Å². The fraction of sp³-hybridized carbons (Fsp3) is 0.182. The maximum atomic E-state index is 12.6. The third-order valence-corrected chi connectivity index (χ3v) is 4.63. The Balaban J connectivity index is 1.81. The average molecular weight is 389 g/mol. The van der Waals surface area contributed by atoms with Gasteiger partial charge >= 0.3 is 0 Å². The molecule has 0 aromatic heterocycles. The zero-order chi connectivity index (χ0) is 20.8. The molecule has 0 spiro atoms. The number of benzene rings is 2. The number of likely N-dealkylation sites (tertiary alicyclic amines) is 1. The van der Waals surface area contributed by atoms with E-state index in [1.54, 1.807) is 48.2 Å². The van der Waals surface area contributed by atoms with E-state index in [9.17, 15) is 9.59 Å². The minimum atomic E-state index is -0.481. The van der Waals surface area contributed by atoms with Crippen molar-refractivity contribution in [1.82, 2.24) is 4.90 Å². The van der Waals surface area contributed by atoms with E-state index in [2.05, 4.69) is 22.0 Å². The van der Waals surface area contributed by atoms with E-state index in [1.165, 1.54) is 0 Å². The second kappa shape index (κ2) is 8.97. The number of nitrogens with two attached hydrogens (primary N) is 1. The molecule has 1 heterocycles. The van der Waals surface area contributed by atoms with Crippen molar-refractivity contribution in [1.29, 1.82) is 0 Å². The molecule has 29 heavy (non-hydrogen) atoms. The van der Waals surface area contributed by atoms with Crippen molar-refractivity contribution >= 4 is 29.9 Å². The Hall–Kier alpha value is -3.74. The normalized spacial score (nSPS) is 14.5. The lowest BCUT2D eigenvalue weighted by atomic mass is 10.1. The largest absolute Gasteiger partial charge is 0.382 e. The van der Waals surface area contributed by atoms with E-state index in [0.717, 1.165) is 25.1 Å². The summed E-state index contributed by atoms with van der Waals surface area (Å²) in [6.07, 6.45) is 1.05. The number of hydrogen-bond donors (Lipinski definition) is 2. The van der Waals surface area contributed by atoms with Gasteiger partial charge in [0.1, 0.15) is 0 Å². The van der Waals surface area contributed by atoms with Crippen LogP contribution in [0.2, 0.25) is 0 Å². The predicted molar refractivity (Wildman–Crippen MR) is 115 cm³/mol. The molecule has 7 heteroatoms. The van der Waals surface area contributed by atoms with Crippen molar-refractivity contribution < 1.29 is 9.59 Å². The Morgan fingerprint density at radius 2 is 1.66 bits per heavy atom. The topological polar surface area (TPSA) is 100 Å². The van der Waals surface area contributed by atoms with Gasteiger partial charge in [0, 0.05) is 30.1 Å². The SMILES string of the molecule is C=N/C(N)=C(\N=C(/C)c1ccc(C(=O)N2CCC2)cc1)C(=O)Nc1ccccc1. The highest BCUT2D eigenvalue weighted by atomic mass is 16.2. The van der Waals surface area contributed by atoms with E-state index in [4.69, 9.17) is 5.73 Å². The Morgan fingerprint density at radius 1 is 1.03 bits per heavy atom. The van der Waals surface area contributed by atoms with Crippen molar-refractivity contribution in [3.05, 3.63) is 77.2 Å². The van der Waals surface area contributed by atoms with Crippen LogP contribution in [-0.4, -0.2) is 42.2 Å². The quantitative estimate of drug-likeness (QED) is 0.587. The second-order valence-corrected chi connectivity index (χ2v) is 6.63. The molecular weight excluding hydrogens is 366 g/mol. The number of para-hydroxylation sites is 1. The molecule has 3 N–H and O–H groups in total. The predicted octanol–water partition coefficient (Wildman–Crippen LogP) is 2.81. The van der Waals surface area contributed by atoms with Crippen LogP contribution < -0.4 is 11.1 Å². The number of amides is 2. The minimum absolute atomic E-state index is 0.0258. The number of nitrogens with one attached hydrogen (secondary N) is 1. The molecule has 1 saturated heterocycles. The summed E-state index contributed by atoms with van der Waals surface area (Å²) in [5.41, 5.74) is 8.41. The van der Waals surface area contributed by atoms with Gasteiger partial charge in [-0.25, -0.2) is 9.98 Å². The molecule has 0 bridgehead atoms. The van der Waals surface area contributed by atoms with Gasteiger partial charge in [0.15, 0.2) is 11.5 Å². The van der Waals surface area contributed by atoms with Gasteiger partial charge in [-0.3, -0.25) is 9.59 Å². The van der Waals surface area contributed by atoms with Crippen LogP contribution in [0.25, 0.3) is 0 Å². The summed E-state index contributed by atoms with van der Waals surface area (Å²) in [6, 6.07) is 16.1. The lowest BCUT2D eigenvalue weighted by Crippen LogP contribution is -2.41. The van der Waals surface area contributed by atoms with Crippen LogP contribution in [0.1, 0.15) is 29.3 Å². The fourth-order valence-corrected chi connectivity index (χ4v) is 2.80. The first-order valence-electron chi connectivity index (χ1n) is 9.27. The standard InChI is InChI=1S/C22H23N5O2/c1-15(16-9-11-17(12-10-16)22(29)27-13-6-14-27)25-19(20(23)24-2)21(28)26-18-7-4-3-5-8-18/h3-5,7-12H,2,6,13-14,23H2,1H3,(H,26,28)/b20-19-,25-15+. The summed E-state index contributed by atoms with van der Waals surface area (Å²) >= 11 is 0. The average Bonchev–Trinajstić information content (AvgIpc) is 2.70. The smallest absolute Gasteiger partial charge is 0.278 e. The fourth-order valence-electron chi connectivity index (χ4n) is 2.80. The molecule has 1 aliphatic rings. The van der Waals surface area contributed by atoms with E-state index in [-0.39, 0.29) is 17.4 Å². The highest BCUT2D eigenvalue weighted by Crippen LogP contribution is 2.16. The van der Waals surface area contributed by atoms with Crippen molar-refractivity contribution in [2.45, 2.75) is 13.3 Å². The highest BCUT2D eigenvalue weighted by molar-refractivity contribution is 6.08. The van der Waals surface area contributed by atoms with Crippen LogP contribution in [0.5, 0.6) is 0 Å². The molecule has 2 aromatic carbocycles. The molecule has 1 aliphatic heterocycles. The molecule has 3 rings (SSSR count). The highest BCUT2D eigenvalue weighted by Gasteiger charge is 2.21. The molecule has 7 nitrogen and oxygen atoms in total. The molecule has 0 radical (unpaired) electrons. The van der Waals surface area contributed by atoms with Crippen LogP contribution in [0, 0.1) is 0 Å². The molecule has 2 aromatic rings. The monoisotopic (exact) mass is 389 g/mol. The molecule has 2 amide bonds. The number of carbonyl (C=O) groups is 2. The number of rotatable bonds is 6. The Labute approximate surface area is 169 Å². The van der Waals surface area contributed by atoms with Gasteiger partial charge in [0.25, 0.3) is 11.8 Å². The van der Waals surface area contributed by atoms with Gasteiger partial charge in [-0.05, 0) is 49.9 Å². The van der Waals surface area contributed by atoms with Gasteiger partial charge in [0.05, 0.1) is 0 Å². The number of aliphatic imine (C=N–C) groups is 2. The molecule has 148 valence electrons. The second-order valence-electron chi connectivity index (χ2n) is 6.63. The Morgan fingerprint density at radius 3 is 2.21 bits per heavy atom. The van der Waals surface area contributed by atoms with Gasteiger partial charge in [-0.2, -0.15) is 0 Å². The molecule has 0 atom stereocenters. The summed E-state index contributed by atoms with van der Waals surface area (Å²) in [6.45, 7) is 6.76. The molecule has 0 saturated carbocycles. The van der Waals surface area contributed by atoms with E-state index in [0.29, 0.717) is 17.0 Å². The first-order chi connectivity index (χ1) is 14.0. The summed E-state index contributed by atoms with van der Waals surface area (Å²) in [7, 11) is 0. The van der Waals surface area contributed by atoms with Crippen molar-refractivity contribution in [2.75, 3.05) is 18.4 Å². The number of hydrogen-bond acceptors (Lipinski definition) is 5. The van der Waals surface area contributed by atoms with Crippen LogP contribution in [-0.2, 0) is 4.79 Å². The van der Waals surface area contributed by atoms with Crippen LogP contribution in [0.4, 0.5) is 5.69 Å². The molecule has 0 aliphatic carbocycles. The lowest BCUT2D eigenvalue weighted by Gasteiger charge is -2.30.